The lowest BCUT2D eigenvalue weighted by Crippen LogP contribution is -2.26. The number of carbonyl (C=O) groups excluding carboxylic acids is 3. The van der Waals surface area contributed by atoms with Crippen molar-refractivity contribution in [1.29, 1.82) is 0 Å². The van der Waals surface area contributed by atoms with Crippen LogP contribution in [-0.4, -0.2) is 42.4 Å². The van der Waals surface area contributed by atoms with Crippen molar-refractivity contribution in [1.82, 2.24) is 0 Å². The molecule has 0 bridgehead atoms. The van der Waals surface area contributed by atoms with Crippen LogP contribution < -0.4 is 0 Å². The quantitative estimate of drug-likeness (QED) is 0.0644. The Balaban J connectivity index is 4.36. The standard InChI is InChI=1S/C30H54O8/c1-3-5-7-12-18-22-28(33)36-24-26(20-16-14-10-9-11-15-17-21-27(31)32)30(35)38-25-37-29(34)23-19-13-8-6-4-2/h26H,3-25H2,1-2H3,(H,31,32). The highest BCUT2D eigenvalue weighted by Crippen LogP contribution is 2.16. The number of carboxylic acid groups (broad SMARTS) is 1. The molecular weight excluding hydrogens is 488 g/mol. The number of hydrogen-bond acceptors (Lipinski definition) is 7. The minimum Gasteiger partial charge on any atom is -0.481 e. The molecule has 0 saturated heterocycles. The molecule has 0 aliphatic rings. The first-order valence-electron chi connectivity index (χ1n) is 15.1. The molecule has 38 heavy (non-hydrogen) atoms. The van der Waals surface area contributed by atoms with Crippen molar-refractivity contribution >= 4 is 23.9 Å². The van der Waals surface area contributed by atoms with E-state index in [0.29, 0.717) is 25.7 Å². The van der Waals surface area contributed by atoms with Gasteiger partial charge in [0.05, 0.1) is 5.92 Å². The van der Waals surface area contributed by atoms with Gasteiger partial charge in [0, 0.05) is 19.3 Å². The lowest BCUT2D eigenvalue weighted by atomic mass is 10.0. The number of carboxylic acids is 1. The Morgan fingerprint density at radius 1 is 0.553 bits per heavy atom. The van der Waals surface area contributed by atoms with Crippen LogP contribution in [0.25, 0.3) is 0 Å². The summed E-state index contributed by atoms with van der Waals surface area (Å²) in [6.07, 6.45) is 18.1. The predicted octanol–water partition coefficient (Wildman–Crippen LogP) is 7.51. The van der Waals surface area contributed by atoms with E-state index in [-0.39, 0.29) is 25.0 Å². The van der Waals surface area contributed by atoms with Crippen molar-refractivity contribution < 1.29 is 38.5 Å². The van der Waals surface area contributed by atoms with Crippen LogP contribution in [0.5, 0.6) is 0 Å². The Morgan fingerprint density at radius 2 is 1.00 bits per heavy atom. The number of aliphatic carboxylic acids is 1. The van der Waals surface area contributed by atoms with Gasteiger partial charge in [-0.05, 0) is 25.7 Å². The van der Waals surface area contributed by atoms with Gasteiger partial charge >= 0.3 is 23.9 Å². The summed E-state index contributed by atoms with van der Waals surface area (Å²) >= 11 is 0. The molecule has 0 aromatic carbocycles. The Bertz CT molecular complexity index is 619. The van der Waals surface area contributed by atoms with E-state index < -0.39 is 24.6 Å². The molecule has 0 amide bonds. The second-order valence-corrected chi connectivity index (χ2v) is 10.2. The van der Waals surface area contributed by atoms with Crippen molar-refractivity contribution in [2.24, 2.45) is 5.92 Å². The Morgan fingerprint density at radius 3 is 1.53 bits per heavy atom. The normalized spacial score (nSPS) is 11.6. The smallest absolute Gasteiger partial charge is 0.315 e. The van der Waals surface area contributed by atoms with Crippen molar-refractivity contribution in [3.63, 3.8) is 0 Å². The molecule has 8 heteroatoms. The molecule has 0 aliphatic carbocycles. The summed E-state index contributed by atoms with van der Waals surface area (Å²) < 4.78 is 15.6. The molecule has 0 radical (unpaired) electrons. The number of esters is 3. The largest absolute Gasteiger partial charge is 0.481 e. The van der Waals surface area contributed by atoms with Gasteiger partial charge in [-0.1, -0.05) is 104 Å². The van der Waals surface area contributed by atoms with E-state index in [1.165, 1.54) is 0 Å². The SMILES string of the molecule is CCCCCCCC(=O)OCOC(=O)C(CCCCCCCCCC(=O)O)COC(=O)CCCCCCC. The zero-order chi connectivity index (χ0) is 28.3. The molecule has 0 saturated carbocycles. The molecular formula is C30H54O8. The highest BCUT2D eigenvalue weighted by Gasteiger charge is 2.22. The second kappa shape index (κ2) is 26.5. The van der Waals surface area contributed by atoms with Gasteiger partial charge in [-0.15, -0.1) is 0 Å². The van der Waals surface area contributed by atoms with Gasteiger partial charge in [0.2, 0.25) is 6.79 Å². The zero-order valence-electron chi connectivity index (χ0n) is 24.1. The molecule has 0 aromatic heterocycles. The molecule has 0 fully saturated rings. The van der Waals surface area contributed by atoms with E-state index in [1.807, 2.05) is 0 Å². The second-order valence-electron chi connectivity index (χ2n) is 10.2. The summed E-state index contributed by atoms with van der Waals surface area (Å²) in [4.78, 5) is 47.2. The summed E-state index contributed by atoms with van der Waals surface area (Å²) in [5.41, 5.74) is 0. The third kappa shape index (κ3) is 24.2. The minimum atomic E-state index is -0.753. The summed E-state index contributed by atoms with van der Waals surface area (Å²) in [5.74, 6) is -2.51. The summed E-state index contributed by atoms with van der Waals surface area (Å²) in [5, 5.41) is 8.68. The Kier molecular flexibility index (Phi) is 25.0. The number of rotatable bonds is 27. The van der Waals surface area contributed by atoms with Crippen LogP contribution in [0.1, 0.15) is 149 Å². The van der Waals surface area contributed by atoms with Crippen LogP contribution in [0, 0.1) is 5.92 Å². The zero-order valence-corrected chi connectivity index (χ0v) is 24.1. The number of unbranched alkanes of at least 4 members (excludes halogenated alkanes) is 14. The van der Waals surface area contributed by atoms with Crippen molar-refractivity contribution in [3.05, 3.63) is 0 Å². The van der Waals surface area contributed by atoms with Crippen LogP contribution in [-0.2, 0) is 33.4 Å². The van der Waals surface area contributed by atoms with Gasteiger partial charge in [-0.2, -0.15) is 0 Å². The van der Waals surface area contributed by atoms with E-state index in [9.17, 15) is 19.2 Å². The van der Waals surface area contributed by atoms with Gasteiger partial charge < -0.3 is 19.3 Å². The van der Waals surface area contributed by atoms with Crippen LogP contribution in [0.2, 0.25) is 0 Å². The number of carbonyl (C=O) groups is 4. The molecule has 8 nitrogen and oxygen atoms in total. The number of ether oxygens (including phenoxy) is 3. The van der Waals surface area contributed by atoms with Crippen molar-refractivity contribution in [3.8, 4) is 0 Å². The van der Waals surface area contributed by atoms with E-state index in [0.717, 1.165) is 103 Å². The molecule has 0 aromatic rings. The lowest BCUT2D eigenvalue weighted by molar-refractivity contribution is -0.172. The van der Waals surface area contributed by atoms with Gasteiger partial charge in [0.25, 0.3) is 0 Å². The van der Waals surface area contributed by atoms with Crippen molar-refractivity contribution in [2.75, 3.05) is 13.4 Å². The van der Waals surface area contributed by atoms with Gasteiger partial charge in [-0.3, -0.25) is 19.2 Å². The highest BCUT2D eigenvalue weighted by atomic mass is 16.7. The average Bonchev–Trinajstić information content (AvgIpc) is 2.88. The Hall–Kier alpha value is -2.12. The topological polar surface area (TPSA) is 116 Å². The third-order valence-corrected chi connectivity index (χ3v) is 6.61. The first kappa shape index (κ1) is 35.9. The van der Waals surface area contributed by atoms with Gasteiger partial charge in [0.15, 0.2) is 0 Å². The minimum absolute atomic E-state index is 0.0206. The van der Waals surface area contributed by atoms with Crippen LogP contribution >= 0.6 is 0 Å². The summed E-state index contributed by atoms with van der Waals surface area (Å²) in [6.45, 7) is 3.85. The van der Waals surface area contributed by atoms with Gasteiger partial charge in [0.1, 0.15) is 6.61 Å². The molecule has 1 atom stereocenters. The van der Waals surface area contributed by atoms with Crippen LogP contribution in [0.3, 0.4) is 0 Å². The fourth-order valence-corrected chi connectivity index (χ4v) is 4.17. The van der Waals surface area contributed by atoms with Gasteiger partial charge in [-0.25, -0.2) is 0 Å². The van der Waals surface area contributed by atoms with Crippen LogP contribution in [0.4, 0.5) is 0 Å². The first-order chi connectivity index (χ1) is 18.4. The van der Waals surface area contributed by atoms with Crippen molar-refractivity contribution in [2.45, 2.75) is 149 Å². The molecule has 1 unspecified atom stereocenters. The monoisotopic (exact) mass is 542 g/mol. The van der Waals surface area contributed by atoms with E-state index >= 15 is 0 Å². The first-order valence-corrected chi connectivity index (χ1v) is 15.1. The lowest BCUT2D eigenvalue weighted by Gasteiger charge is -2.16. The predicted molar refractivity (Wildman–Crippen MR) is 147 cm³/mol. The fourth-order valence-electron chi connectivity index (χ4n) is 4.17. The average molecular weight is 543 g/mol. The summed E-state index contributed by atoms with van der Waals surface area (Å²) in [6, 6.07) is 0. The maximum Gasteiger partial charge on any atom is 0.315 e. The van der Waals surface area contributed by atoms with E-state index in [4.69, 9.17) is 19.3 Å². The molecule has 0 spiro atoms. The molecule has 0 rings (SSSR count). The van der Waals surface area contributed by atoms with E-state index in [1.54, 1.807) is 0 Å². The maximum absolute atomic E-state index is 12.6. The highest BCUT2D eigenvalue weighted by molar-refractivity contribution is 5.74. The molecule has 222 valence electrons. The maximum atomic E-state index is 12.6. The van der Waals surface area contributed by atoms with Crippen LogP contribution in [0.15, 0.2) is 0 Å². The fraction of sp³-hybridized carbons (Fsp3) is 0.867. The molecule has 0 heterocycles. The third-order valence-electron chi connectivity index (χ3n) is 6.61. The molecule has 1 N–H and O–H groups in total. The molecule has 0 aliphatic heterocycles. The Labute approximate surface area is 230 Å². The van der Waals surface area contributed by atoms with E-state index in [2.05, 4.69) is 13.8 Å². The number of hydrogen-bond donors (Lipinski definition) is 1. The summed E-state index contributed by atoms with van der Waals surface area (Å²) in [7, 11) is 0.